The third-order valence-corrected chi connectivity index (χ3v) is 5.48. The molecule has 2 aromatic rings. The number of benzene rings is 2. The molecule has 2 aliphatic rings. The Morgan fingerprint density at radius 1 is 1.03 bits per heavy atom. The van der Waals surface area contributed by atoms with Gasteiger partial charge in [0, 0.05) is 29.5 Å². The largest absolute Gasteiger partial charge is 0.378 e. The molecule has 0 aromatic heterocycles. The number of carbonyl (C=O) groups is 1. The van der Waals surface area contributed by atoms with Gasteiger partial charge in [0.2, 0.25) is 0 Å². The van der Waals surface area contributed by atoms with Crippen LogP contribution < -0.4 is 10.7 Å². The number of nitrogens with one attached hydrogen (secondary N) is 2. The van der Waals surface area contributed by atoms with Gasteiger partial charge < -0.3 is 15.0 Å². The number of carbonyl (C=O) groups excluding carboxylic acids is 1. The summed E-state index contributed by atoms with van der Waals surface area (Å²) in [5.41, 5.74) is 8.00. The number of amides is 2. The first-order chi connectivity index (χ1) is 15.2. The predicted molar refractivity (Wildman–Crippen MR) is 125 cm³/mol. The Kier molecular flexibility index (Phi) is 7.02. The fraction of sp³-hybridized carbons (Fsp3) is 0.250. The first-order valence-corrected chi connectivity index (χ1v) is 10.7. The summed E-state index contributed by atoms with van der Waals surface area (Å²) in [6.45, 7) is 3.13. The van der Waals surface area contributed by atoms with Gasteiger partial charge in [-0.3, -0.25) is 0 Å². The molecule has 4 rings (SSSR count). The van der Waals surface area contributed by atoms with Crippen LogP contribution >= 0.6 is 11.6 Å². The standard InChI is InChI=1S/C24H25ClN4O2/c25-21-8-10-22(11-9-21)27-24(30)28-26-17-20-7-6-19(16-18-4-2-1-3-5-18)23(20)29-12-14-31-15-13-29/h1-5,8-11,16-17H,6-7,12-15H2,(H2,27,28,30)/b19-16-,26-17+. The minimum Gasteiger partial charge on any atom is -0.378 e. The summed E-state index contributed by atoms with van der Waals surface area (Å²) in [4.78, 5) is 14.5. The van der Waals surface area contributed by atoms with Crippen LogP contribution in [0.1, 0.15) is 18.4 Å². The Bertz CT molecular complexity index is 994. The van der Waals surface area contributed by atoms with Gasteiger partial charge in [-0.25, -0.2) is 10.2 Å². The highest BCUT2D eigenvalue weighted by Crippen LogP contribution is 2.34. The second-order valence-corrected chi connectivity index (χ2v) is 7.82. The maximum atomic E-state index is 12.1. The highest BCUT2D eigenvalue weighted by atomic mass is 35.5. The highest BCUT2D eigenvalue weighted by Gasteiger charge is 2.25. The van der Waals surface area contributed by atoms with E-state index in [0.717, 1.165) is 31.5 Å². The maximum Gasteiger partial charge on any atom is 0.339 e. The Balaban J connectivity index is 1.49. The molecule has 1 saturated heterocycles. The number of morpholine rings is 1. The zero-order chi connectivity index (χ0) is 21.5. The second kappa shape index (κ2) is 10.3. The zero-order valence-corrected chi connectivity index (χ0v) is 17.9. The van der Waals surface area contributed by atoms with Gasteiger partial charge in [-0.05, 0) is 59.9 Å². The van der Waals surface area contributed by atoms with Gasteiger partial charge in [0.15, 0.2) is 0 Å². The fourth-order valence-corrected chi connectivity index (χ4v) is 3.91. The van der Waals surface area contributed by atoms with E-state index in [9.17, 15) is 4.79 Å². The third-order valence-electron chi connectivity index (χ3n) is 5.23. The molecule has 1 heterocycles. The smallest absolute Gasteiger partial charge is 0.339 e. The molecule has 6 nitrogen and oxygen atoms in total. The van der Waals surface area contributed by atoms with E-state index in [1.165, 1.54) is 16.8 Å². The molecule has 0 radical (unpaired) electrons. The number of halogens is 1. The highest BCUT2D eigenvalue weighted by molar-refractivity contribution is 6.30. The number of nitrogens with zero attached hydrogens (tertiary/aromatic N) is 2. The van der Waals surface area contributed by atoms with Crippen molar-refractivity contribution >= 4 is 35.6 Å². The second-order valence-electron chi connectivity index (χ2n) is 7.38. The number of hydrazone groups is 1. The fourth-order valence-electron chi connectivity index (χ4n) is 3.78. The molecular formula is C24H25ClN4O2. The lowest BCUT2D eigenvalue weighted by molar-refractivity contribution is 0.0548. The van der Waals surface area contributed by atoms with Gasteiger partial charge in [0.05, 0.1) is 19.4 Å². The van der Waals surface area contributed by atoms with E-state index in [1.807, 2.05) is 18.2 Å². The summed E-state index contributed by atoms with van der Waals surface area (Å²) in [5, 5.41) is 7.55. The number of allylic oxidation sites excluding steroid dienone is 2. The van der Waals surface area contributed by atoms with Crippen LogP contribution in [-0.2, 0) is 4.74 Å². The van der Waals surface area contributed by atoms with Crippen molar-refractivity contribution in [1.29, 1.82) is 0 Å². The van der Waals surface area contributed by atoms with Crippen LogP contribution in [0.4, 0.5) is 10.5 Å². The lowest BCUT2D eigenvalue weighted by Crippen LogP contribution is -2.36. The Hall–Kier alpha value is -3.09. The molecule has 0 atom stereocenters. The SMILES string of the molecule is O=C(N/N=C/C1=C(N2CCOCC2)C(=C\c2ccccc2)/CC1)Nc1ccc(Cl)cc1. The Morgan fingerprint density at radius 3 is 2.52 bits per heavy atom. The minimum absolute atomic E-state index is 0.398. The summed E-state index contributed by atoms with van der Waals surface area (Å²) >= 11 is 5.87. The van der Waals surface area contributed by atoms with E-state index in [-0.39, 0.29) is 0 Å². The molecule has 1 aliphatic heterocycles. The van der Waals surface area contributed by atoms with E-state index in [0.29, 0.717) is 23.9 Å². The number of anilines is 1. The first-order valence-electron chi connectivity index (χ1n) is 10.4. The van der Waals surface area contributed by atoms with E-state index in [2.05, 4.69) is 39.0 Å². The summed E-state index contributed by atoms with van der Waals surface area (Å²) in [6, 6.07) is 16.9. The molecule has 0 bridgehead atoms. The average molecular weight is 437 g/mol. The van der Waals surface area contributed by atoms with Crippen LogP contribution in [-0.4, -0.2) is 43.4 Å². The first kappa shape index (κ1) is 21.2. The monoisotopic (exact) mass is 436 g/mol. The van der Waals surface area contributed by atoms with Crippen molar-refractivity contribution in [3.63, 3.8) is 0 Å². The normalized spacial score (nSPS) is 18.1. The van der Waals surface area contributed by atoms with Crippen LogP contribution in [0.3, 0.4) is 0 Å². The summed E-state index contributed by atoms with van der Waals surface area (Å²) in [6.07, 6.45) is 5.83. The molecule has 1 aliphatic carbocycles. The van der Waals surface area contributed by atoms with Crippen LogP contribution in [0.25, 0.3) is 6.08 Å². The van der Waals surface area contributed by atoms with E-state index < -0.39 is 6.03 Å². The van der Waals surface area contributed by atoms with E-state index >= 15 is 0 Å². The van der Waals surface area contributed by atoms with Crippen molar-refractivity contribution < 1.29 is 9.53 Å². The molecule has 1 fully saturated rings. The molecule has 2 aromatic carbocycles. The number of urea groups is 1. The van der Waals surface area contributed by atoms with Crippen molar-refractivity contribution in [3.8, 4) is 0 Å². The molecule has 7 heteroatoms. The van der Waals surface area contributed by atoms with Crippen molar-refractivity contribution in [2.75, 3.05) is 31.6 Å². The topological polar surface area (TPSA) is 66.0 Å². The number of rotatable bonds is 5. The van der Waals surface area contributed by atoms with Gasteiger partial charge in [-0.15, -0.1) is 0 Å². The van der Waals surface area contributed by atoms with Crippen LogP contribution in [0, 0.1) is 0 Å². The number of ether oxygens (including phenoxy) is 1. The number of hydrogen-bond acceptors (Lipinski definition) is 4. The van der Waals surface area contributed by atoms with Gasteiger partial charge in [0.25, 0.3) is 0 Å². The molecule has 2 N–H and O–H groups in total. The van der Waals surface area contributed by atoms with Crippen LogP contribution in [0.2, 0.25) is 5.02 Å². The van der Waals surface area contributed by atoms with E-state index in [1.54, 1.807) is 30.5 Å². The predicted octanol–water partition coefficient (Wildman–Crippen LogP) is 4.91. The van der Waals surface area contributed by atoms with Crippen molar-refractivity contribution in [2.45, 2.75) is 12.8 Å². The molecule has 160 valence electrons. The van der Waals surface area contributed by atoms with Gasteiger partial charge in [0.1, 0.15) is 0 Å². The molecule has 0 saturated carbocycles. The maximum absolute atomic E-state index is 12.1. The molecule has 2 amide bonds. The van der Waals surface area contributed by atoms with Gasteiger partial charge in [-0.2, -0.15) is 5.10 Å². The van der Waals surface area contributed by atoms with Crippen molar-refractivity contribution in [2.24, 2.45) is 5.10 Å². The van der Waals surface area contributed by atoms with Crippen LogP contribution in [0.15, 0.2) is 76.5 Å². The average Bonchev–Trinajstić information content (AvgIpc) is 3.19. The number of hydrogen-bond donors (Lipinski definition) is 2. The summed E-state index contributed by atoms with van der Waals surface area (Å²) in [5.74, 6) is 0. The molecule has 0 unspecified atom stereocenters. The van der Waals surface area contributed by atoms with Crippen molar-refractivity contribution in [3.05, 3.63) is 82.0 Å². The lowest BCUT2D eigenvalue weighted by atomic mass is 10.1. The summed E-state index contributed by atoms with van der Waals surface area (Å²) < 4.78 is 5.53. The van der Waals surface area contributed by atoms with Crippen LogP contribution in [0.5, 0.6) is 0 Å². The zero-order valence-electron chi connectivity index (χ0n) is 17.2. The van der Waals surface area contributed by atoms with Gasteiger partial charge >= 0.3 is 6.03 Å². The Morgan fingerprint density at radius 2 is 1.77 bits per heavy atom. The quantitative estimate of drug-likeness (QED) is 0.517. The van der Waals surface area contributed by atoms with E-state index in [4.69, 9.17) is 16.3 Å². The lowest BCUT2D eigenvalue weighted by Gasteiger charge is -2.31. The minimum atomic E-state index is -0.398. The van der Waals surface area contributed by atoms with Gasteiger partial charge in [-0.1, -0.05) is 41.9 Å². The van der Waals surface area contributed by atoms with Crippen molar-refractivity contribution in [1.82, 2.24) is 10.3 Å². The Labute approximate surface area is 187 Å². The molecule has 31 heavy (non-hydrogen) atoms. The molecule has 0 spiro atoms. The summed E-state index contributed by atoms with van der Waals surface area (Å²) in [7, 11) is 0. The molecular weight excluding hydrogens is 412 g/mol. The third kappa shape index (κ3) is 5.75.